The minimum atomic E-state index is -4.73. The SMILES string of the molecule is COc1ccc(C[C@@H](CN2CCCC2)NC(=O)Cc2ccc(OC(F)(F)F)cc2)cc1C. The third kappa shape index (κ3) is 7.44. The van der Waals surface area contributed by atoms with Gasteiger partial charge < -0.3 is 19.7 Å². The van der Waals surface area contributed by atoms with Crippen molar-refractivity contribution in [3.63, 3.8) is 0 Å². The monoisotopic (exact) mass is 450 g/mol. The van der Waals surface area contributed by atoms with Crippen molar-refractivity contribution in [1.29, 1.82) is 0 Å². The normalized spacial score (nSPS) is 15.4. The molecule has 1 amide bonds. The van der Waals surface area contributed by atoms with Crippen LogP contribution in [0.2, 0.25) is 0 Å². The summed E-state index contributed by atoms with van der Waals surface area (Å²) in [6.07, 6.45) is -1.64. The molecule has 2 aromatic rings. The van der Waals surface area contributed by atoms with Crippen LogP contribution in [-0.4, -0.2) is 50.0 Å². The second-order valence-electron chi connectivity index (χ2n) is 8.15. The minimum Gasteiger partial charge on any atom is -0.496 e. The molecule has 0 radical (unpaired) electrons. The topological polar surface area (TPSA) is 50.8 Å². The molecule has 1 N–H and O–H groups in total. The van der Waals surface area contributed by atoms with Gasteiger partial charge in [-0.25, -0.2) is 0 Å². The van der Waals surface area contributed by atoms with Gasteiger partial charge in [-0.05, 0) is 74.2 Å². The zero-order valence-electron chi connectivity index (χ0n) is 18.4. The summed E-state index contributed by atoms with van der Waals surface area (Å²) in [5, 5.41) is 3.12. The fourth-order valence-corrected chi connectivity index (χ4v) is 4.06. The Morgan fingerprint density at radius 2 is 1.75 bits per heavy atom. The quantitative estimate of drug-likeness (QED) is 0.620. The number of ether oxygens (including phenoxy) is 2. The number of hydrogen-bond donors (Lipinski definition) is 1. The first-order chi connectivity index (χ1) is 15.2. The van der Waals surface area contributed by atoms with Crippen LogP contribution in [0.1, 0.15) is 29.5 Å². The molecule has 1 aliphatic rings. The van der Waals surface area contributed by atoms with Crippen molar-refractivity contribution in [3.8, 4) is 11.5 Å². The molecular formula is C24H29F3N2O3. The number of alkyl halides is 3. The van der Waals surface area contributed by atoms with E-state index in [4.69, 9.17) is 4.74 Å². The highest BCUT2D eigenvalue weighted by Gasteiger charge is 2.31. The van der Waals surface area contributed by atoms with Crippen molar-refractivity contribution in [2.45, 2.75) is 45.0 Å². The number of nitrogens with zero attached hydrogens (tertiary/aromatic N) is 1. The molecule has 0 aliphatic carbocycles. The van der Waals surface area contributed by atoms with E-state index in [1.807, 2.05) is 19.1 Å². The van der Waals surface area contributed by atoms with E-state index in [0.717, 1.165) is 49.4 Å². The van der Waals surface area contributed by atoms with Crippen LogP contribution in [0, 0.1) is 6.92 Å². The van der Waals surface area contributed by atoms with Gasteiger partial charge in [0.25, 0.3) is 0 Å². The lowest BCUT2D eigenvalue weighted by atomic mass is 10.0. The standard InChI is InChI=1S/C24H29F3N2O3/c1-17-13-19(7-10-22(17)31-2)14-20(16-29-11-3-4-12-29)28-23(30)15-18-5-8-21(9-6-18)32-24(25,26)27/h5-10,13,20H,3-4,11-12,14-16H2,1-2H3,(H,28,30)/t20-/m0/s1. The van der Waals surface area contributed by atoms with E-state index in [1.54, 1.807) is 7.11 Å². The summed E-state index contributed by atoms with van der Waals surface area (Å²) < 4.78 is 46.1. The van der Waals surface area contributed by atoms with Gasteiger partial charge in [-0.2, -0.15) is 0 Å². The van der Waals surface area contributed by atoms with E-state index >= 15 is 0 Å². The molecule has 0 saturated carbocycles. The Labute approximate surface area is 186 Å². The van der Waals surface area contributed by atoms with E-state index in [9.17, 15) is 18.0 Å². The Kier molecular flexibility index (Phi) is 8.01. The predicted octanol–water partition coefficient (Wildman–Crippen LogP) is 4.27. The van der Waals surface area contributed by atoms with Crippen LogP contribution in [0.5, 0.6) is 11.5 Å². The summed E-state index contributed by atoms with van der Waals surface area (Å²) in [5.74, 6) is 0.360. The second-order valence-corrected chi connectivity index (χ2v) is 8.15. The average Bonchev–Trinajstić information content (AvgIpc) is 3.21. The highest BCUT2D eigenvalue weighted by Crippen LogP contribution is 2.23. The van der Waals surface area contributed by atoms with E-state index in [1.165, 1.54) is 24.3 Å². The molecule has 1 fully saturated rings. The Morgan fingerprint density at radius 1 is 1.09 bits per heavy atom. The van der Waals surface area contributed by atoms with Crippen LogP contribution in [0.15, 0.2) is 42.5 Å². The summed E-state index contributed by atoms with van der Waals surface area (Å²) in [7, 11) is 1.64. The maximum atomic E-state index is 12.7. The molecule has 1 aliphatic heterocycles. The highest BCUT2D eigenvalue weighted by molar-refractivity contribution is 5.79. The first-order valence-corrected chi connectivity index (χ1v) is 10.7. The molecule has 1 heterocycles. The van der Waals surface area contributed by atoms with Gasteiger partial charge in [-0.1, -0.05) is 24.3 Å². The van der Waals surface area contributed by atoms with Crippen LogP contribution >= 0.6 is 0 Å². The molecule has 32 heavy (non-hydrogen) atoms. The first kappa shape index (κ1) is 23.9. The molecule has 0 aromatic heterocycles. The van der Waals surface area contributed by atoms with E-state index < -0.39 is 6.36 Å². The maximum Gasteiger partial charge on any atom is 0.573 e. The Bertz CT molecular complexity index is 894. The van der Waals surface area contributed by atoms with Gasteiger partial charge in [-0.3, -0.25) is 4.79 Å². The Hall–Kier alpha value is -2.74. The van der Waals surface area contributed by atoms with Gasteiger partial charge >= 0.3 is 6.36 Å². The van der Waals surface area contributed by atoms with Crippen molar-refractivity contribution >= 4 is 5.91 Å². The molecule has 3 rings (SSSR count). The van der Waals surface area contributed by atoms with Crippen LogP contribution in [0.25, 0.3) is 0 Å². The number of carbonyl (C=O) groups excluding carboxylic acids is 1. The Morgan fingerprint density at radius 3 is 2.34 bits per heavy atom. The van der Waals surface area contributed by atoms with Crippen LogP contribution in [0.3, 0.4) is 0 Å². The third-order valence-corrected chi connectivity index (χ3v) is 5.51. The largest absolute Gasteiger partial charge is 0.573 e. The number of nitrogens with one attached hydrogen (secondary N) is 1. The number of amides is 1. The summed E-state index contributed by atoms with van der Waals surface area (Å²) in [5.41, 5.74) is 2.77. The smallest absolute Gasteiger partial charge is 0.496 e. The number of rotatable bonds is 9. The van der Waals surface area contributed by atoms with E-state index in [-0.39, 0.29) is 24.1 Å². The number of hydrogen-bond acceptors (Lipinski definition) is 4. The molecule has 0 unspecified atom stereocenters. The van der Waals surface area contributed by atoms with Gasteiger partial charge in [0.05, 0.1) is 13.5 Å². The summed E-state index contributed by atoms with van der Waals surface area (Å²) in [4.78, 5) is 15.1. The molecule has 1 atom stereocenters. The average molecular weight is 451 g/mol. The van der Waals surface area contributed by atoms with Gasteiger partial charge in [-0.15, -0.1) is 13.2 Å². The minimum absolute atomic E-state index is 0.0683. The number of halogens is 3. The number of carbonyl (C=O) groups is 1. The fourth-order valence-electron chi connectivity index (χ4n) is 4.06. The third-order valence-electron chi connectivity index (χ3n) is 5.51. The van der Waals surface area contributed by atoms with E-state index in [2.05, 4.69) is 21.0 Å². The second kappa shape index (κ2) is 10.7. The highest BCUT2D eigenvalue weighted by atomic mass is 19.4. The summed E-state index contributed by atoms with van der Waals surface area (Å²) >= 11 is 0. The summed E-state index contributed by atoms with van der Waals surface area (Å²) in [6, 6.07) is 11.3. The maximum absolute atomic E-state index is 12.7. The number of likely N-dealkylation sites (tertiary alicyclic amines) is 1. The van der Waals surface area contributed by atoms with Crippen LogP contribution in [-0.2, 0) is 17.6 Å². The predicted molar refractivity (Wildman–Crippen MR) is 116 cm³/mol. The lowest BCUT2D eigenvalue weighted by molar-refractivity contribution is -0.274. The van der Waals surface area contributed by atoms with Crippen molar-refractivity contribution in [2.24, 2.45) is 0 Å². The van der Waals surface area contributed by atoms with Gasteiger partial charge in [0.2, 0.25) is 5.91 Å². The number of benzene rings is 2. The van der Waals surface area contributed by atoms with Crippen molar-refractivity contribution in [1.82, 2.24) is 10.2 Å². The fraction of sp³-hybridized carbons (Fsp3) is 0.458. The van der Waals surface area contributed by atoms with Gasteiger partial charge in [0.1, 0.15) is 11.5 Å². The molecule has 2 aromatic carbocycles. The molecule has 1 saturated heterocycles. The van der Waals surface area contributed by atoms with Gasteiger partial charge in [0, 0.05) is 12.6 Å². The van der Waals surface area contributed by atoms with Crippen molar-refractivity contribution in [2.75, 3.05) is 26.7 Å². The molecule has 5 nitrogen and oxygen atoms in total. The zero-order chi connectivity index (χ0) is 23.1. The Balaban J connectivity index is 1.63. The van der Waals surface area contributed by atoms with Crippen LogP contribution < -0.4 is 14.8 Å². The molecule has 8 heteroatoms. The lowest BCUT2D eigenvalue weighted by Crippen LogP contribution is -2.45. The molecule has 0 spiro atoms. The first-order valence-electron chi connectivity index (χ1n) is 10.7. The summed E-state index contributed by atoms with van der Waals surface area (Å²) in [6.45, 7) is 4.79. The van der Waals surface area contributed by atoms with E-state index in [0.29, 0.717) is 12.0 Å². The molecule has 174 valence electrons. The lowest BCUT2D eigenvalue weighted by Gasteiger charge is -2.25. The van der Waals surface area contributed by atoms with Crippen LogP contribution in [0.4, 0.5) is 13.2 Å². The zero-order valence-corrected chi connectivity index (χ0v) is 18.4. The van der Waals surface area contributed by atoms with Gasteiger partial charge in [0.15, 0.2) is 0 Å². The molecule has 0 bridgehead atoms. The van der Waals surface area contributed by atoms with Crippen molar-refractivity contribution in [3.05, 3.63) is 59.2 Å². The molecular weight excluding hydrogens is 421 g/mol. The number of methoxy groups -OCH3 is 1. The number of aryl methyl sites for hydroxylation is 1. The van der Waals surface area contributed by atoms with Crippen molar-refractivity contribution < 1.29 is 27.4 Å².